The largest absolute Gasteiger partial charge is 0.481 e. The van der Waals surface area contributed by atoms with Crippen molar-refractivity contribution < 1.29 is 9.53 Å². The number of ether oxygens (including phenoxy) is 1. The Labute approximate surface area is 172 Å². The predicted octanol–water partition coefficient (Wildman–Crippen LogP) is 4.37. The fourth-order valence-corrected chi connectivity index (χ4v) is 3.72. The number of benzene rings is 2. The lowest BCUT2D eigenvalue weighted by Crippen LogP contribution is -2.40. The summed E-state index contributed by atoms with van der Waals surface area (Å²) in [5.41, 5.74) is 0.952. The van der Waals surface area contributed by atoms with Gasteiger partial charge in [0.2, 0.25) is 0 Å². The third-order valence-corrected chi connectivity index (χ3v) is 5.39. The standard InChI is InChI=1S/C21H21BrN4O2/c1-14(28-17-11-9-16(22)10-12-17)21(27)26-13-5-8-18(26)20-23-19(24-25-20)15-6-3-2-4-7-15/h2-4,6-7,9-12,14,18H,5,8,13H2,1H3,(H,23,24,25)/t14-,18-/m0/s1. The topological polar surface area (TPSA) is 71.1 Å². The Bertz CT molecular complexity index is 943. The summed E-state index contributed by atoms with van der Waals surface area (Å²) in [6.45, 7) is 2.48. The predicted molar refractivity (Wildman–Crippen MR) is 110 cm³/mol. The Morgan fingerprint density at radius 2 is 1.96 bits per heavy atom. The number of hydrogen-bond donors (Lipinski definition) is 1. The molecule has 0 spiro atoms. The van der Waals surface area contributed by atoms with Crippen molar-refractivity contribution in [3.8, 4) is 17.1 Å². The van der Waals surface area contributed by atoms with Crippen molar-refractivity contribution >= 4 is 21.8 Å². The first kappa shape index (κ1) is 18.7. The Balaban J connectivity index is 1.48. The van der Waals surface area contributed by atoms with E-state index in [9.17, 15) is 4.79 Å². The van der Waals surface area contributed by atoms with Crippen LogP contribution < -0.4 is 4.74 Å². The van der Waals surface area contributed by atoms with Crippen molar-refractivity contribution in [2.24, 2.45) is 0 Å². The molecule has 7 heteroatoms. The van der Waals surface area contributed by atoms with Crippen LogP contribution in [0.15, 0.2) is 59.1 Å². The molecule has 0 bridgehead atoms. The fourth-order valence-electron chi connectivity index (χ4n) is 3.46. The van der Waals surface area contributed by atoms with Gasteiger partial charge in [-0.05, 0) is 44.0 Å². The molecule has 28 heavy (non-hydrogen) atoms. The van der Waals surface area contributed by atoms with E-state index in [1.807, 2.05) is 59.5 Å². The summed E-state index contributed by atoms with van der Waals surface area (Å²) in [6.07, 6.45) is 1.22. The normalized spacial score (nSPS) is 17.5. The van der Waals surface area contributed by atoms with Gasteiger partial charge in [-0.1, -0.05) is 46.3 Å². The Morgan fingerprint density at radius 3 is 2.71 bits per heavy atom. The van der Waals surface area contributed by atoms with Gasteiger partial charge < -0.3 is 9.64 Å². The third-order valence-electron chi connectivity index (χ3n) is 4.86. The Kier molecular flexibility index (Phi) is 5.43. The number of H-pyrrole nitrogens is 1. The molecule has 1 aromatic heterocycles. The highest BCUT2D eigenvalue weighted by Gasteiger charge is 2.35. The van der Waals surface area contributed by atoms with Gasteiger partial charge in [0.25, 0.3) is 5.91 Å². The zero-order valence-corrected chi connectivity index (χ0v) is 17.1. The minimum absolute atomic E-state index is 0.0388. The zero-order valence-electron chi connectivity index (χ0n) is 15.5. The van der Waals surface area contributed by atoms with E-state index in [1.165, 1.54) is 0 Å². The Morgan fingerprint density at radius 1 is 1.21 bits per heavy atom. The van der Waals surface area contributed by atoms with Crippen molar-refractivity contribution in [2.75, 3.05) is 6.54 Å². The van der Waals surface area contributed by atoms with E-state index in [2.05, 4.69) is 31.1 Å². The number of carbonyl (C=O) groups excluding carboxylic acids is 1. The number of amides is 1. The van der Waals surface area contributed by atoms with Gasteiger partial charge in [0.15, 0.2) is 11.9 Å². The average molecular weight is 441 g/mol. The van der Waals surface area contributed by atoms with E-state index in [-0.39, 0.29) is 11.9 Å². The van der Waals surface area contributed by atoms with Gasteiger partial charge in [-0.25, -0.2) is 4.98 Å². The number of likely N-dealkylation sites (tertiary alicyclic amines) is 1. The molecule has 3 aromatic rings. The quantitative estimate of drug-likeness (QED) is 0.639. The lowest BCUT2D eigenvalue weighted by atomic mass is 10.2. The first-order valence-corrected chi connectivity index (χ1v) is 10.1. The van der Waals surface area contributed by atoms with Crippen LogP contribution in [0, 0.1) is 0 Å². The van der Waals surface area contributed by atoms with Crippen molar-refractivity contribution in [3.63, 3.8) is 0 Å². The number of nitrogens with one attached hydrogen (secondary N) is 1. The molecule has 0 unspecified atom stereocenters. The summed E-state index contributed by atoms with van der Waals surface area (Å²) in [4.78, 5) is 19.5. The first-order valence-electron chi connectivity index (χ1n) is 9.32. The average Bonchev–Trinajstić information content (AvgIpc) is 3.39. The summed E-state index contributed by atoms with van der Waals surface area (Å²) < 4.78 is 6.81. The smallest absolute Gasteiger partial charge is 0.263 e. The van der Waals surface area contributed by atoms with Crippen LogP contribution in [-0.2, 0) is 4.79 Å². The lowest BCUT2D eigenvalue weighted by molar-refractivity contribution is -0.139. The summed E-state index contributed by atoms with van der Waals surface area (Å²) in [7, 11) is 0. The van der Waals surface area contributed by atoms with Gasteiger partial charge in [-0.2, -0.15) is 5.10 Å². The van der Waals surface area contributed by atoms with Gasteiger partial charge in [0.05, 0.1) is 6.04 Å². The number of nitrogens with zero attached hydrogens (tertiary/aromatic N) is 3. The highest BCUT2D eigenvalue weighted by Crippen LogP contribution is 2.31. The second kappa shape index (κ2) is 8.14. The Hall–Kier alpha value is -2.67. The van der Waals surface area contributed by atoms with Crippen LogP contribution in [0.2, 0.25) is 0 Å². The minimum Gasteiger partial charge on any atom is -0.481 e. The minimum atomic E-state index is -0.571. The van der Waals surface area contributed by atoms with Gasteiger partial charge in [0, 0.05) is 16.6 Å². The van der Waals surface area contributed by atoms with E-state index in [0.29, 0.717) is 18.1 Å². The highest BCUT2D eigenvalue weighted by atomic mass is 79.9. The van der Waals surface area contributed by atoms with Crippen molar-refractivity contribution in [3.05, 3.63) is 64.9 Å². The molecule has 6 nitrogen and oxygen atoms in total. The zero-order chi connectivity index (χ0) is 19.5. The number of carbonyl (C=O) groups is 1. The lowest BCUT2D eigenvalue weighted by Gasteiger charge is -2.26. The number of rotatable bonds is 5. The fraction of sp³-hybridized carbons (Fsp3) is 0.286. The molecule has 1 aliphatic heterocycles. The summed E-state index contributed by atoms with van der Waals surface area (Å²) in [5, 5.41) is 7.36. The van der Waals surface area contributed by atoms with Crippen LogP contribution in [0.25, 0.3) is 11.4 Å². The molecule has 1 fully saturated rings. The second-order valence-corrected chi connectivity index (χ2v) is 7.73. The summed E-state index contributed by atoms with van der Waals surface area (Å²) in [5.74, 6) is 2.00. The SMILES string of the molecule is C[C@H](Oc1ccc(Br)cc1)C(=O)N1CCC[C@H]1c1nc(-c2ccccc2)n[nH]1. The molecule has 1 aliphatic rings. The van der Waals surface area contributed by atoms with Crippen LogP contribution in [0.1, 0.15) is 31.6 Å². The van der Waals surface area contributed by atoms with Crippen molar-refractivity contribution in [2.45, 2.75) is 31.9 Å². The van der Waals surface area contributed by atoms with Gasteiger partial charge >= 0.3 is 0 Å². The van der Waals surface area contributed by atoms with Crippen LogP contribution in [0.4, 0.5) is 0 Å². The summed E-state index contributed by atoms with van der Waals surface area (Å²) >= 11 is 3.40. The van der Waals surface area contributed by atoms with E-state index in [1.54, 1.807) is 6.92 Å². The molecular formula is C21H21BrN4O2. The highest BCUT2D eigenvalue weighted by molar-refractivity contribution is 9.10. The molecule has 0 aliphatic carbocycles. The van der Waals surface area contributed by atoms with E-state index < -0.39 is 6.10 Å². The van der Waals surface area contributed by atoms with Gasteiger partial charge in [0.1, 0.15) is 11.6 Å². The molecular weight excluding hydrogens is 420 g/mol. The molecule has 2 aromatic carbocycles. The molecule has 1 N–H and O–H groups in total. The maximum atomic E-state index is 13.0. The molecule has 2 atom stereocenters. The number of halogens is 1. The van der Waals surface area contributed by atoms with Crippen LogP contribution in [0.5, 0.6) is 5.75 Å². The molecule has 144 valence electrons. The van der Waals surface area contributed by atoms with E-state index in [0.717, 1.165) is 28.7 Å². The molecule has 0 radical (unpaired) electrons. The molecule has 1 amide bonds. The number of aromatic amines is 1. The van der Waals surface area contributed by atoms with Crippen LogP contribution >= 0.6 is 15.9 Å². The maximum Gasteiger partial charge on any atom is 0.263 e. The first-order chi connectivity index (χ1) is 13.6. The number of hydrogen-bond acceptors (Lipinski definition) is 4. The molecule has 1 saturated heterocycles. The molecule has 4 rings (SSSR count). The van der Waals surface area contributed by atoms with E-state index in [4.69, 9.17) is 4.74 Å². The number of aromatic nitrogens is 3. The van der Waals surface area contributed by atoms with Gasteiger partial charge in [-0.15, -0.1) is 0 Å². The van der Waals surface area contributed by atoms with Crippen molar-refractivity contribution in [1.82, 2.24) is 20.1 Å². The summed E-state index contributed by atoms with van der Waals surface area (Å²) in [6, 6.07) is 17.2. The van der Waals surface area contributed by atoms with E-state index >= 15 is 0 Å². The molecule has 0 saturated carbocycles. The second-order valence-electron chi connectivity index (χ2n) is 6.81. The van der Waals surface area contributed by atoms with Gasteiger partial charge in [-0.3, -0.25) is 9.89 Å². The van der Waals surface area contributed by atoms with Crippen molar-refractivity contribution in [1.29, 1.82) is 0 Å². The van der Waals surface area contributed by atoms with Crippen LogP contribution in [0.3, 0.4) is 0 Å². The van der Waals surface area contributed by atoms with Crippen LogP contribution in [-0.4, -0.2) is 38.6 Å². The maximum absolute atomic E-state index is 13.0. The monoisotopic (exact) mass is 440 g/mol. The third kappa shape index (κ3) is 3.94. The molecule has 2 heterocycles.